The first-order valence-electron chi connectivity index (χ1n) is 8.98. The Morgan fingerprint density at radius 1 is 1.00 bits per heavy atom. The number of fused-ring (bicyclic) bond motifs is 1. The van der Waals surface area contributed by atoms with Crippen LogP contribution in [0, 0.1) is 0 Å². The fourth-order valence-corrected chi connectivity index (χ4v) is 2.80. The number of nitrogens with zero attached hydrogens (tertiary/aromatic N) is 2. The van der Waals surface area contributed by atoms with Gasteiger partial charge in [-0.1, -0.05) is 36.4 Å². The minimum atomic E-state index is -4.33. The van der Waals surface area contributed by atoms with Gasteiger partial charge in [0.1, 0.15) is 0 Å². The van der Waals surface area contributed by atoms with Crippen LogP contribution in [0.25, 0.3) is 10.8 Å². The maximum atomic E-state index is 12.7. The molecule has 0 spiro atoms. The van der Waals surface area contributed by atoms with E-state index in [1.807, 2.05) is 37.3 Å². The molecule has 4 nitrogen and oxygen atoms in total. The van der Waals surface area contributed by atoms with Crippen LogP contribution in [0.4, 0.5) is 13.2 Å². The highest BCUT2D eigenvalue weighted by atomic mass is 19.4. The van der Waals surface area contributed by atoms with Gasteiger partial charge in [-0.2, -0.15) is 13.2 Å². The van der Waals surface area contributed by atoms with Crippen molar-refractivity contribution in [3.8, 4) is 0 Å². The molecule has 0 fully saturated rings. The minimum absolute atomic E-state index is 0.274. The smallest absolute Gasteiger partial charge is 0.357 e. The molecule has 0 aliphatic carbocycles. The van der Waals surface area contributed by atoms with Gasteiger partial charge in [-0.15, -0.1) is 0 Å². The molecule has 3 aromatic rings. The van der Waals surface area contributed by atoms with E-state index in [1.165, 1.54) is 12.1 Å². The third-order valence-electron chi connectivity index (χ3n) is 4.22. The second kappa shape index (κ2) is 8.73. The molecular weight excluding hydrogens is 365 g/mol. The first kappa shape index (κ1) is 19.7. The Labute approximate surface area is 161 Å². The molecule has 0 radical (unpaired) electrons. The molecule has 1 heterocycles. The van der Waals surface area contributed by atoms with Crippen LogP contribution >= 0.6 is 0 Å². The Morgan fingerprint density at radius 2 is 1.75 bits per heavy atom. The van der Waals surface area contributed by atoms with Crippen LogP contribution in [0.15, 0.2) is 65.8 Å². The average Bonchev–Trinajstić information content (AvgIpc) is 2.69. The lowest BCUT2D eigenvalue weighted by atomic mass is 10.1. The zero-order valence-corrected chi connectivity index (χ0v) is 15.4. The Kier molecular flexibility index (Phi) is 6.13. The first-order chi connectivity index (χ1) is 13.5. The maximum absolute atomic E-state index is 12.7. The van der Waals surface area contributed by atoms with Crippen molar-refractivity contribution in [2.75, 3.05) is 6.54 Å². The summed E-state index contributed by atoms with van der Waals surface area (Å²) in [6, 6.07) is 15.0. The average molecular weight is 386 g/mol. The summed E-state index contributed by atoms with van der Waals surface area (Å²) in [6.07, 6.45) is -2.56. The first-order valence-corrected chi connectivity index (χ1v) is 8.98. The number of rotatable bonds is 5. The summed E-state index contributed by atoms with van der Waals surface area (Å²) < 4.78 is 38.0. The molecule has 0 atom stereocenters. The minimum Gasteiger partial charge on any atom is -0.357 e. The van der Waals surface area contributed by atoms with Crippen molar-refractivity contribution in [1.29, 1.82) is 0 Å². The van der Waals surface area contributed by atoms with E-state index in [0.717, 1.165) is 28.6 Å². The van der Waals surface area contributed by atoms with Crippen molar-refractivity contribution >= 4 is 16.7 Å². The number of alkyl halides is 3. The van der Waals surface area contributed by atoms with Gasteiger partial charge in [0.25, 0.3) is 0 Å². The zero-order chi connectivity index (χ0) is 20.0. The molecule has 0 aliphatic rings. The van der Waals surface area contributed by atoms with Gasteiger partial charge in [-0.25, -0.2) is 4.99 Å². The molecule has 0 amide bonds. The van der Waals surface area contributed by atoms with Crippen molar-refractivity contribution in [3.05, 3.63) is 77.6 Å². The number of halogens is 3. The third-order valence-corrected chi connectivity index (χ3v) is 4.22. The summed E-state index contributed by atoms with van der Waals surface area (Å²) >= 11 is 0. The lowest BCUT2D eigenvalue weighted by molar-refractivity contribution is -0.137. The normalized spacial score (nSPS) is 12.2. The molecule has 2 aromatic carbocycles. The zero-order valence-electron chi connectivity index (χ0n) is 15.4. The number of aromatic nitrogens is 1. The molecule has 3 rings (SSSR count). The van der Waals surface area contributed by atoms with Crippen LogP contribution in [-0.4, -0.2) is 17.5 Å². The highest BCUT2D eigenvalue weighted by molar-refractivity contribution is 5.85. The second-order valence-corrected chi connectivity index (χ2v) is 6.22. The molecule has 0 unspecified atom stereocenters. The van der Waals surface area contributed by atoms with Gasteiger partial charge in [0.15, 0.2) is 5.96 Å². The van der Waals surface area contributed by atoms with Crippen LogP contribution in [0.5, 0.6) is 0 Å². The lowest BCUT2D eigenvalue weighted by Gasteiger charge is -2.12. The van der Waals surface area contributed by atoms with E-state index in [0.29, 0.717) is 24.6 Å². The van der Waals surface area contributed by atoms with Gasteiger partial charge in [-0.05, 0) is 36.1 Å². The molecule has 0 bridgehead atoms. The van der Waals surface area contributed by atoms with E-state index >= 15 is 0 Å². The molecule has 0 aliphatic heterocycles. The van der Waals surface area contributed by atoms with E-state index in [2.05, 4.69) is 20.6 Å². The molecule has 28 heavy (non-hydrogen) atoms. The molecule has 146 valence electrons. The van der Waals surface area contributed by atoms with Gasteiger partial charge >= 0.3 is 6.18 Å². The van der Waals surface area contributed by atoms with Crippen molar-refractivity contribution < 1.29 is 13.2 Å². The van der Waals surface area contributed by atoms with Crippen molar-refractivity contribution in [2.45, 2.75) is 26.2 Å². The van der Waals surface area contributed by atoms with E-state index in [4.69, 9.17) is 0 Å². The number of hydrogen-bond donors (Lipinski definition) is 2. The van der Waals surface area contributed by atoms with Gasteiger partial charge in [0, 0.05) is 18.1 Å². The summed E-state index contributed by atoms with van der Waals surface area (Å²) in [5.74, 6) is 0.581. The maximum Gasteiger partial charge on any atom is 0.416 e. The summed E-state index contributed by atoms with van der Waals surface area (Å²) in [5.41, 5.74) is 0.944. The SMILES string of the molecule is CCNC(=NCc1ccc(C(F)(F)F)cc1)NCc1nccc2ccccc12. The third kappa shape index (κ3) is 5.00. The van der Waals surface area contributed by atoms with E-state index in [1.54, 1.807) is 6.20 Å². The largest absolute Gasteiger partial charge is 0.416 e. The van der Waals surface area contributed by atoms with Crippen molar-refractivity contribution in [2.24, 2.45) is 4.99 Å². The monoisotopic (exact) mass is 386 g/mol. The van der Waals surface area contributed by atoms with Crippen LogP contribution in [0.2, 0.25) is 0 Å². The summed E-state index contributed by atoms with van der Waals surface area (Å²) in [5, 5.41) is 8.55. The number of aliphatic imine (C=N–C) groups is 1. The molecule has 2 N–H and O–H groups in total. The summed E-state index contributed by atoms with van der Waals surface area (Å²) in [4.78, 5) is 8.89. The molecule has 0 saturated carbocycles. The van der Waals surface area contributed by atoms with Crippen LogP contribution < -0.4 is 10.6 Å². The van der Waals surface area contributed by atoms with Gasteiger partial charge in [-0.3, -0.25) is 4.98 Å². The van der Waals surface area contributed by atoms with Crippen molar-refractivity contribution in [3.63, 3.8) is 0 Å². The number of guanidine groups is 1. The number of benzene rings is 2. The fraction of sp³-hybridized carbons (Fsp3) is 0.238. The van der Waals surface area contributed by atoms with Gasteiger partial charge in [0.2, 0.25) is 0 Å². The van der Waals surface area contributed by atoms with E-state index in [9.17, 15) is 13.2 Å². The predicted molar refractivity (Wildman–Crippen MR) is 105 cm³/mol. The Hall–Kier alpha value is -3.09. The standard InChI is InChI=1S/C21H21F3N4/c1-2-25-20(27-13-15-7-9-17(10-8-15)21(22,23)24)28-14-19-18-6-4-3-5-16(18)11-12-26-19/h3-12H,2,13-14H2,1H3,(H2,25,27,28). The number of pyridine rings is 1. The van der Waals surface area contributed by atoms with Crippen molar-refractivity contribution in [1.82, 2.24) is 15.6 Å². The highest BCUT2D eigenvalue weighted by Gasteiger charge is 2.29. The molecule has 1 aromatic heterocycles. The van der Waals surface area contributed by atoms with Gasteiger partial charge in [0.05, 0.1) is 24.3 Å². The van der Waals surface area contributed by atoms with E-state index in [-0.39, 0.29) is 6.54 Å². The Bertz CT molecular complexity index is 945. The highest BCUT2D eigenvalue weighted by Crippen LogP contribution is 2.29. The van der Waals surface area contributed by atoms with Gasteiger partial charge < -0.3 is 10.6 Å². The van der Waals surface area contributed by atoms with E-state index < -0.39 is 11.7 Å². The number of nitrogens with one attached hydrogen (secondary N) is 2. The number of hydrogen-bond acceptors (Lipinski definition) is 2. The van der Waals surface area contributed by atoms with Crippen LogP contribution in [0.3, 0.4) is 0 Å². The summed E-state index contributed by atoms with van der Waals surface area (Å²) in [6.45, 7) is 3.38. The molecule has 7 heteroatoms. The van der Waals surface area contributed by atoms with Crippen LogP contribution in [0.1, 0.15) is 23.7 Å². The Balaban J connectivity index is 1.69. The molecular formula is C21H21F3N4. The predicted octanol–water partition coefficient (Wildman–Crippen LogP) is 4.51. The fourth-order valence-electron chi connectivity index (χ4n) is 2.80. The second-order valence-electron chi connectivity index (χ2n) is 6.22. The summed E-state index contributed by atoms with van der Waals surface area (Å²) in [7, 11) is 0. The molecule has 0 saturated heterocycles. The lowest BCUT2D eigenvalue weighted by Crippen LogP contribution is -2.37. The Morgan fingerprint density at radius 3 is 2.46 bits per heavy atom. The van der Waals surface area contributed by atoms with Crippen LogP contribution in [-0.2, 0) is 19.3 Å². The topological polar surface area (TPSA) is 49.3 Å². The quantitative estimate of drug-likeness (QED) is 0.501.